The van der Waals surface area contributed by atoms with Crippen molar-refractivity contribution in [3.8, 4) is 0 Å². The summed E-state index contributed by atoms with van der Waals surface area (Å²) < 4.78 is 27.6. The Kier molecular flexibility index (Phi) is 4.45. The van der Waals surface area contributed by atoms with Gasteiger partial charge in [0.2, 0.25) is 0 Å². The highest BCUT2D eigenvalue weighted by Gasteiger charge is 2.27. The lowest BCUT2D eigenvalue weighted by atomic mass is 10.1. The van der Waals surface area contributed by atoms with E-state index in [1.165, 1.54) is 17.4 Å². The van der Waals surface area contributed by atoms with Crippen molar-refractivity contribution >= 4 is 38.1 Å². The predicted octanol–water partition coefficient (Wildman–Crippen LogP) is 3.46. The van der Waals surface area contributed by atoms with Crippen LogP contribution in [-0.2, 0) is 16.4 Å². The summed E-state index contributed by atoms with van der Waals surface area (Å²) in [5.74, 6) is -0.0785. The Morgan fingerprint density at radius 1 is 1.19 bits per heavy atom. The Balaban J connectivity index is 1.60. The lowest BCUT2D eigenvalue weighted by Crippen LogP contribution is -2.28. The average Bonchev–Trinajstić information content (AvgIpc) is 3.30. The number of carbonyl (C=O) groups excluding carboxylic acids is 1. The van der Waals surface area contributed by atoms with E-state index in [1.54, 1.807) is 28.6 Å². The Hall–Kier alpha value is -2.71. The summed E-state index contributed by atoms with van der Waals surface area (Å²) in [4.78, 5) is 18.6. The van der Waals surface area contributed by atoms with Crippen LogP contribution in [0.3, 0.4) is 0 Å². The molecule has 4 rings (SSSR count). The van der Waals surface area contributed by atoms with Crippen LogP contribution in [0, 0.1) is 6.92 Å². The van der Waals surface area contributed by atoms with E-state index in [9.17, 15) is 13.2 Å². The van der Waals surface area contributed by atoms with Crippen LogP contribution in [0.25, 0.3) is 0 Å². The molecule has 27 heavy (non-hydrogen) atoms. The smallest absolute Gasteiger partial charge is 0.263 e. The zero-order valence-electron chi connectivity index (χ0n) is 14.5. The van der Waals surface area contributed by atoms with Gasteiger partial charge < -0.3 is 4.90 Å². The number of carbonyl (C=O) groups is 1. The van der Waals surface area contributed by atoms with Crippen LogP contribution < -0.4 is 9.62 Å². The minimum Gasteiger partial charge on any atom is -0.308 e. The predicted molar refractivity (Wildman–Crippen MR) is 106 cm³/mol. The molecule has 1 aromatic heterocycles. The van der Waals surface area contributed by atoms with Gasteiger partial charge in [0, 0.05) is 29.4 Å². The first-order chi connectivity index (χ1) is 12.9. The second-order valence-corrected chi connectivity index (χ2v) is 8.88. The van der Waals surface area contributed by atoms with Crippen LogP contribution >= 0.6 is 11.3 Å². The quantitative estimate of drug-likeness (QED) is 0.729. The van der Waals surface area contributed by atoms with Crippen LogP contribution in [0.15, 0.2) is 58.9 Å². The number of rotatable bonds is 4. The molecule has 0 unspecified atom stereocenters. The minimum atomic E-state index is -3.71. The maximum absolute atomic E-state index is 12.8. The van der Waals surface area contributed by atoms with Gasteiger partial charge in [0.25, 0.3) is 15.9 Å². The first-order valence-corrected chi connectivity index (χ1v) is 10.7. The lowest BCUT2D eigenvalue weighted by Gasteiger charge is -2.18. The molecule has 0 radical (unpaired) electrons. The zero-order valence-corrected chi connectivity index (χ0v) is 16.2. The maximum Gasteiger partial charge on any atom is 0.263 e. The van der Waals surface area contributed by atoms with Crippen LogP contribution in [0.4, 0.5) is 10.8 Å². The average molecular weight is 399 g/mol. The third-order valence-corrected chi connectivity index (χ3v) is 6.61. The molecular formula is C19H17N3O3S2. The van der Waals surface area contributed by atoms with E-state index < -0.39 is 10.0 Å². The number of sulfonamides is 1. The summed E-state index contributed by atoms with van der Waals surface area (Å²) in [6.45, 7) is 2.51. The molecule has 0 saturated carbocycles. The van der Waals surface area contributed by atoms with Crippen LogP contribution in [0.5, 0.6) is 0 Å². The van der Waals surface area contributed by atoms with E-state index >= 15 is 0 Å². The first-order valence-electron chi connectivity index (χ1n) is 8.38. The summed E-state index contributed by atoms with van der Waals surface area (Å²) in [5, 5.41) is 2.03. The summed E-state index contributed by atoms with van der Waals surface area (Å²) in [5.41, 5.74) is 3.32. The number of aromatic nitrogens is 1. The highest BCUT2D eigenvalue weighted by molar-refractivity contribution is 7.93. The molecule has 2 aromatic carbocycles. The molecule has 0 bridgehead atoms. The molecule has 0 aliphatic carbocycles. The number of benzene rings is 2. The second-order valence-electron chi connectivity index (χ2n) is 6.31. The number of anilines is 2. The molecule has 1 N–H and O–H groups in total. The summed E-state index contributed by atoms with van der Waals surface area (Å²) in [6.07, 6.45) is 2.16. The van der Waals surface area contributed by atoms with Gasteiger partial charge in [-0.2, -0.15) is 0 Å². The maximum atomic E-state index is 12.8. The summed E-state index contributed by atoms with van der Waals surface area (Å²) >= 11 is 1.22. The summed E-state index contributed by atoms with van der Waals surface area (Å²) in [7, 11) is -3.71. The van der Waals surface area contributed by atoms with Crippen molar-refractivity contribution in [3.05, 3.63) is 70.7 Å². The van der Waals surface area contributed by atoms with E-state index in [0.717, 1.165) is 16.8 Å². The molecule has 0 atom stereocenters. The molecule has 3 aromatic rings. The van der Waals surface area contributed by atoms with Crippen molar-refractivity contribution < 1.29 is 13.2 Å². The third kappa shape index (κ3) is 3.45. The molecule has 0 fully saturated rings. The van der Waals surface area contributed by atoms with E-state index in [4.69, 9.17) is 0 Å². The topological polar surface area (TPSA) is 79.4 Å². The highest BCUT2D eigenvalue weighted by Crippen LogP contribution is 2.32. The number of amides is 1. The Labute approximate surface area is 161 Å². The van der Waals surface area contributed by atoms with Gasteiger partial charge in [0.1, 0.15) is 0 Å². The molecule has 0 saturated heterocycles. The van der Waals surface area contributed by atoms with Gasteiger partial charge in [-0.05, 0) is 49.2 Å². The molecule has 1 amide bonds. The Morgan fingerprint density at radius 2 is 1.96 bits per heavy atom. The molecule has 1 aliphatic rings. The molecule has 0 spiro atoms. The van der Waals surface area contributed by atoms with Gasteiger partial charge in [0.15, 0.2) is 5.13 Å². The van der Waals surface area contributed by atoms with Crippen LogP contribution in [0.1, 0.15) is 21.5 Å². The SMILES string of the molecule is Cc1ccc(C(=O)N2CCc3cc(S(=O)(=O)Nc4nccs4)ccc32)cc1. The minimum absolute atomic E-state index is 0.0785. The van der Waals surface area contributed by atoms with Crippen molar-refractivity contribution in [2.24, 2.45) is 0 Å². The molecular weight excluding hydrogens is 382 g/mol. The largest absolute Gasteiger partial charge is 0.308 e. The molecule has 138 valence electrons. The highest BCUT2D eigenvalue weighted by atomic mass is 32.2. The number of hydrogen-bond acceptors (Lipinski definition) is 5. The molecule has 1 aliphatic heterocycles. The van der Waals surface area contributed by atoms with Gasteiger partial charge in [-0.3, -0.25) is 9.52 Å². The van der Waals surface area contributed by atoms with Gasteiger partial charge in [0.05, 0.1) is 4.90 Å². The van der Waals surface area contributed by atoms with Crippen molar-refractivity contribution in [1.82, 2.24) is 4.98 Å². The summed E-state index contributed by atoms with van der Waals surface area (Å²) in [6, 6.07) is 12.3. The fourth-order valence-corrected chi connectivity index (χ4v) is 4.89. The van der Waals surface area contributed by atoms with E-state index in [0.29, 0.717) is 23.7 Å². The van der Waals surface area contributed by atoms with Gasteiger partial charge in [-0.1, -0.05) is 17.7 Å². The lowest BCUT2D eigenvalue weighted by molar-refractivity contribution is 0.0989. The number of fused-ring (bicyclic) bond motifs is 1. The zero-order chi connectivity index (χ0) is 19.0. The monoisotopic (exact) mass is 399 g/mol. The molecule has 6 nitrogen and oxygen atoms in total. The van der Waals surface area contributed by atoms with Crippen LogP contribution in [0.2, 0.25) is 0 Å². The number of aryl methyl sites for hydroxylation is 1. The standard InChI is InChI=1S/C19H17N3O3S2/c1-13-2-4-14(5-3-13)18(23)22-10-8-15-12-16(6-7-17(15)22)27(24,25)21-19-20-9-11-26-19/h2-7,9,11-12H,8,10H2,1H3,(H,20,21). The Morgan fingerprint density at radius 3 is 2.67 bits per heavy atom. The van der Waals surface area contributed by atoms with Crippen molar-refractivity contribution in [3.63, 3.8) is 0 Å². The number of nitrogens with zero attached hydrogens (tertiary/aromatic N) is 2. The van der Waals surface area contributed by atoms with Crippen molar-refractivity contribution in [2.45, 2.75) is 18.2 Å². The normalized spacial score (nSPS) is 13.4. The van der Waals surface area contributed by atoms with E-state index in [-0.39, 0.29) is 10.8 Å². The number of nitrogens with one attached hydrogen (secondary N) is 1. The van der Waals surface area contributed by atoms with Crippen molar-refractivity contribution in [2.75, 3.05) is 16.2 Å². The second kappa shape index (κ2) is 6.79. The number of hydrogen-bond donors (Lipinski definition) is 1. The molecule has 2 heterocycles. The molecule has 8 heteroatoms. The fourth-order valence-electron chi connectivity index (χ4n) is 3.06. The third-order valence-electron chi connectivity index (χ3n) is 4.45. The Bertz CT molecular complexity index is 1090. The van der Waals surface area contributed by atoms with Crippen molar-refractivity contribution in [1.29, 1.82) is 0 Å². The number of thiazole rings is 1. The first kappa shape index (κ1) is 17.7. The van der Waals surface area contributed by atoms with Gasteiger partial charge in [-0.15, -0.1) is 11.3 Å². The van der Waals surface area contributed by atoms with E-state index in [1.807, 2.05) is 31.2 Å². The van der Waals surface area contributed by atoms with Crippen LogP contribution in [-0.4, -0.2) is 25.9 Å². The van der Waals surface area contributed by atoms with Gasteiger partial charge in [-0.25, -0.2) is 13.4 Å². The van der Waals surface area contributed by atoms with E-state index in [2.05, 4.69) is 9.71 Å². The fraction of sp³-hybridized carbons (Fsp3) is 0.158. The van der Waals surface area contributed by atoms with Gasteiger partial charge >= 0.3 is 0 Å².